The monoisotopic (exact) mass is 262 g/mol. The van der Waals surface area contributed by atoms with E-state index < -0.39 is 0 Å². The van der Waals surface area contributed by atoms with Crippen LogP contribution in [0.2, 0.25) is 0 Å². The molecular weight excluding hydrogens is 232 g/mol. The zero-order valence-corrected chi connectivity index (χ0v) is 13.5. The standard InChI is InChI=1S/C17H30N2/c1-7-15(6)19(8-2)11-16(18)17-13(4)9-12(3)10-14(17)5/h9-10,15-16H,7-8,11,18H2,1-6H3. The van der Waals surface area contributed by atoms with E-state index in [1.807, 2.05) is 0 Å². The molecule has 0 aliphatic carbocycles. The van der Waals surface area contributed by atoms with Crippen molar-refractivity contribution in [3.8, 4) is 0 Å². The molecule has 0 spiro atoms. The van der Waals surface area contributed by atoms with Gasteiger partial charge in [0, 0.05) is 18.6 Å². The van der Waals surface area contributed by atoms with Gasteiger partial charge in [0.25, 0.3) is 0 Å². The zero-order valence-electron chi connectivity index (χ0n) is 13.5. The average molecular weight is 262 g/mol. The van der Waals surface area contributed by atoms with Crippen molar-refractivity contribution in [2.45, 2.75) is 60.0 Å². The van der Waals surface area contributed by atoms with Crippen LogP contribution in [0.4, 0.5) is 0 Å². The van der Waals surface area contributed by atoms with Gasteiger partial charge in [-0.05, 0) is 57.4 Å². The van der Waals surface area contributed by atoms with Crippen molar-refractivity contribution < 1.29 is 0 Å². The van der Waals surface area contributed by atoms with E-state index >= 15 is 0 Å². The summed E-state index contributed by atoms with van der Waals surface area (Å²) in [6.07, 6.45) is 1.17. The van der Waals surface area contributed by atoms with Crippen LogP contribution in [0.5, 0.6) is 0 Å². The first kappa shape index (κ1) is 16.2. The van der Waals surface area contributed by atoms with Gasteiger partial charge in [-0.15, -0.1) is 0 Å². The van der Waals surface area contributed by atoms with Crippen molar-refractivity contribution in [2.24, 2.45) is 5.73 Å². The second-order valence-corrected chi connectivity index (χ2v) is 5.76. The molecule has 1 rings (SSSR count). The predicted molar refractivity (Wildman–Crippen MR) is 84.6 cm³/mol. The molecular formula is C17H30N2. The topological polar surface area (TPSA) is 29.3 Å². The highest BCUT2D eigenvalue weighted by Crippen LogP contribution is 2.23. The number of nitrogens with two attached hydrogens (primary N) is 1. The summed E-state index contributed by atoms with van der Waals surface area (Å²) in [5.41, 5.74) is 11.8. The first-order chi connectivity index (χ1) is 8.90. The highest BCUT2D eigenvalue weighted by Gasteiger charge is 2.18. The fourth-order valence-corrected chi connectivity index (χ4v) is 3.00. The Balaban J connectivity index is 2.91. The molecule has 0 aromatic heterocycles. The van der Waals surface area contributed by atoms with Crippen molar-refractivity contribution in [3.05, 3.63) is 34.4 Å². The molecule has 0 aliphatic heterocycles. The summed E-state index contributed by atoms with van der Waals surface area (Å²) < 4.78 is 0. The molecule has 2 unspecified atom stereocenters. The van der Waals surface area contributed by atoms with Crippen LogP contribution in [0.3, 0.4) is 0 Å². The largest absolute Gasteiger partial charge is 0.323 e. The van der Waals surface area contributed by atoms with Gasteiger partial charge in [0.1, 0.15) is 0 Å². The summed E-state index contributed by atoms with van der Waals surface area (Å²) in [6, 6.07) is 5.18. The van der Waals surface area contributed by atoms with Gasteiger partial charge in [-0.1, -0.05) is 31.5 Å². The summed E-state index contributed by atoms with van der Waals surface area (Å²) in [4.78, 5) is 2.48. The van der Waals surface area contributed by atoms with Gasteiger partial charge in [-0.3, -0.25) is 4.90 Å². The Bertz CT molecular complexity index is 389. The number of benzene rings is 1. The normalized spacial score (nSPS) is 14.7. The minimum atomic E-state index is 0.106. The summed E-state index contributed by atoms with van der Waals surface area (Å²) in [5, 5.41) is 0. The van der Waals surface area contributed by atoms with E-state index in [0.717, 1.165) is 13.1 Å². The first-order valence-electron chi connectivity index (χ1n) is 7.48. The minimum absolute atomic E-state index is 0.106. The van der Waals surface area contributed by atoms with Crippen molar-refractivity contribution in [1.29, 1.82) is 0 Å². The van der Waals surface area contributed by atoms with Crippen LogP contribution in [0.1, 0.15) is 55.5 Å². The smallest absolute Gasteiger partial charge is 0.0429 e. The Labute approximate surface area is 119 Å². The molecule has 1 aromatic rings. The van der Waals surface area contributed by atoms with Gasteiger partial charge < -0.3 is 5.73 Å². The van der Waals surface area contributed by atoms with Crippen LogP contribution >= 0.6 is 0 Å². The molecule has 0 fully saturated rings. The van der Waals surface area contributed by atoms with E-state index in [1.54, 1.807) is 0 Å². The summed E-state index contributed by atoms with van der Waals surface area (Å²) in [6.45, 7) is 15.2. The Kier molecular flexibility index (Phi) is 6.02. The van der Waals surface area contributed by atoms with E-state index in [1.165, 1.54) is 28.7 Å². The molecule has 0 saturated heterocycles. The van der Waals surface area contributed by atoms with E-state index in [4.69, 9.17) is 5.73 Å². The quantitative estimate of drug-likeness (QED) is 0.846. The molecule has 2 atom stereocenters. The lowest BCUT2D eigenvalue weighted by Gasteiger charge is -2.31. The van der Waals surface area contributed by atoms with Gasteiger partial charge in [-0.25, -0.2) is 0 Å². The van der Waals surface area contributed by atoms with Crippen LogP contribution in [0.15, 0.2) is 12.1 Å². The zero-order chi connectivity index (χ0) is 14.6. The van der Waals surface area contributed by atoms with Crippen molar-refractivity contribution in [2.75, 3.05) is 13.1 Å². The van der Waals surface area contributed by atoms with Gasteiger partial charge in [0.05, 0.1) is 0 Å². The third-order valence-electron chi connectivity index (χ3n) is 4.16. The fraction of sp³-hybridized carbons (Fsp3) is 0.647. The maximum atomic E-state index is 6.47. The Morgan fingerprint density at radius 2 is 1.63 bits per heavy atom. The number of hydrogen-bond acceptors (Lipinski definition) is 2. The van der Waals surface area contributed by atoms with Crippen LogP contribution in [0.25, 0.3) is 0 Å². The molecule has 0 aliphatic rings. The molecule has 108 valence electrons. The molecule has 2 heteroatoms. The molecule has 0 heterocycles. The van der Waals surface area contributed by atoms with Crippen LogP contribution in [-0.4, -0.2) is 24.0 Å². The van der Waals surface area contributed by atoms with Gasteiger partial charge in [-0.2, -0.15) is 0 Å². The highest BCUT2D eigenvalue weighted by atomic mass is 15.2. The molecule has 2 N–H and O–H groups in total. The maximum absolute atomic E-state index is 6.47. The Morgan fingerprint density at radius 3 is 2.05 bits per heavy atom. The Hall–Kier alpha value is -0.860. The number of likely N-dealkylation sites (N-methyl/N-ethyl adjacent to an activating group) is 1. The average Bonchev–Trinajstić information content (AvgIpc) is 2.33. The maximum Gasteiger partial charge on any atom is 0.0429 e. The molecule has 0 saturated carbocycles. The number of rotatable bonds is 6. The SMILES string of the molecule is CCC(C)N(CC)CC(N)c1c(C)cc(C)cc1C. The molecule has 0 radical (unpaired) electrons. The lowest BCUT2D eigenvalue weighted by atomic mass is 9.94. The van der Waals surface area contributed by atoms with E-state index in [0.29, 0.717) is 6.04 Å². The fourth-order valence-electron chi connectivity index (χ4n) is 3.00. The van der Waals surface area contributed by atoms with E-state index in [2.05, 4.69) is 58.6 Å². The van der Waals surface area contributed by atoms with Crippen LogP contribution in [-0.2, 0) is 0 Å². The number of hydrogen-bond donors (Lipinski definition) is 1. The number of aryl methyl sites for hydroxylation is 3. The number of nitrogens with zero attached hydrogens (tertiary/aromatic N) is 1. The summed E-state index contributed by atoms with van der Waals surface area (Å²) in [7, 11) is 0. The van der Waals surface area contributed by atoms with E-state index in [9.17, 15) is 0 Å². The van der Waals surface area contributed by atoms with Crippen LogP contribution < -0.4 is 5.73 Å². The highest BCUT2D eigenvalue weighted by molar-refractivity contribution is 5.39. The van der Waals surface area contributed by atoms with Gasteiger partial charge in [0.2, 0.25) is 0 Å². The second kappa shape index (κ2) is 7.06. The lowest BCUT2D eigenvalue weighted by Crippen LogP contribution is -2.38. The lowest BCUT2D eigenvalue weighted by molar-refractivity contribution is 0.202. The van der Waals surface area contributed by atoms with Gasteiger partial charge in [0.15, 0.2) is 0 Å². The van der Waals surface area contributed by atoms with E-state index in [-0.39, 0.29) is 6.04 Å². The van der Waals surface area contributed by atoms with Crippen molar-refractivity contribution >= 4 is 0 Å². The second-order valence-electron chi connectivity index (χ2n) is 5.76. The minimum Gasteiger partial charge on any atom is -0.323 e. The third-order valence-corrected chi connectivity index (χ3v) is 4.16. The summed E-state index contributed by atoms with van der Waals surface area (Å²) in [5.74, 6) is 0. The molecule has 2 nitrogen and oxygen atoms in total. The van der Waals surface area contributed by atoms with Crippen molar-refractivity contribution in [1.82, 2.24) is 4.90 Å². The first-order valence-corrected chi connectivity index (χ1v) is 7.48. The molecule has 0 amide bonds. The van der Waals surface area contributed by atoms with Crippen molar-refractivity contribution in [3.63, 3.8) is 0 Å². The van der Waals surface area contributed by atoms with Gasteiger partial charge >= 0.3 is 0 Å². The third kappa shape index (κ3) is 4.05. The Morgan fingerprint density at radius 1 is 1.11 bits per heavy atom. The van der Waals surface area contributed by atoms with Crippen LogP contribution in [0, 0.1) is 20.8 Å². The summed E-state index contributed by atoms with van der Waals surface area (Å²) >= 11 is 0. The predicted octanol–water partition coefficient (Wildman–Crippen LogP) is 3.73. The molecule has 0 bridgehead atoms. The molecule has 19 heavy (non-hydrogen) atoms. The molecule has 1 aromatic carbocycles.